The van der Waals surface area contributed by atoms with Gasteiger partial charge in [0.15, 0.2) is 0 Å². The number of nitrogens with zero attached hydrogens (tertiary/aromatic N) is 3. The molecule has 0 aliphatic heterocycles. The van der Waals surface area contributed by atoms with Gasteiger partial charge in [0.05, 0.1) is 12.2 Å². The maximum absolute atomic E-state index is 4.26. The van der Waals surface area contributed by atoms with Gasteiger partial charge in [-0.25, -0.2) is 4.98 Å². The van der Waals surface area contributed by atoms with Crippen molar-refractivity contribution in [3.8, 4) is 0 Å². The van der Waals surface area contributed by atoms with Crippen molar-refractivity contribution in [2.45, 2.75) is 26.4 Å². The summed E-state index contributed by atoms with van der Waals surface area (Å²) >= 11 is 0. The summed E-state index contributed by atoms with van der Waals surface area (Å²) in [5, 5.41) is 10.1. The molecule has 0 aliphatic rings. The molecule has 0 radical (unpaired) electrons. The minimum absolute atomic E-state index is 0.205. The van der Waals surface area contributed by atoms with Crippen LogP contribution in [0.1, 0.15) is 25.5 Å². The summed E-state index contributed by atoms with van der Waals surface area (Å²) in [5.74, 6) is 0.895. The highest BCUT2D eigenvalue weighted by Crippen LogP contribution is 2.16. The highest BCUT2D eigenvalue weighted by Gasteiger charge is 2.08. The second kappa shape index (κ2) is 4.16. The van der Waals surface area contributed by atoms with E-state index in [0.717, 1.165) is 18.1 Å². The zero-order valence-electron chi connectivity index (χ0n) is 8.94. The first-order valence-electron chi connectivity index (χ1n) is 5.07. The monoisotopic (exact) mass is 205 g/mol. The Hall–Kier alpha value is -1.78. The number of aromatic nitrogens is 4. The Kier molecular flexibility index (Phi) is 2.71. The zero-order valence-corrected chi connectivity index (χ0v) is 8.94. The van der Waals surface area contributed by atoms with Crippen molar-refractivity contribution in [3.05, 3.63) is 30.4 Å². The number of hydrogen-bond acceptors (Lipinski definition) is 3. The molecule has 5 nitrogen and oxygen atoms in total. The van der Waals surface area contributed by atoms with Gasteiger partial charge in [-0.3, -0.25) is 5.10 Å². The van der Waals surface area contributed by atoms with Crippen LogP contribution in [0.15, 0.2) is 24.8 Å². The van der Waals surface area contributed by atoms with E-state index in [0.29, 0.717) is 0 Å². The van der Waals surface area contributed by atoms with E-state index in [4.69, 9.17) is 0 Å². The summed E-state index contributed by atoms with van der Waals surface area (Å²) < 4.78 is 2.07. The third-order valence-electron chi connectivity index (χ3n) is 2.42. The van der Waals surface area contributed by atoms with Crippen LogP contribution >= 0.6 is 0 Å². The summed E-state index contributed by atoms with van der Waals surface area (Å²) in [4.78, 5) is 4.26. The van der Waals surface area contributed by atoms with Gasteiger partial charge in [0.25, 0.3) is 0 Å². The lowest BCUT2D eigenvalue weighted by molar-refractivity contribution is 0.744. The lowest BCUT2D eigenvalue weighted by Gasteiger charge is -2.13. The molecule has 1 unspecified atom stereocenters. The average Bonchev–Trinajstić information content (AvgIpc) is 2.87. The normalized spacial score (nSPS) is 12.7. The summed E-state index contributed by atoms with van der Waals surface area (Å²) in [5.41, 5.74) is 1.13. The quantitative estimate of drug-likeness (QED) is 0.800. The predicted molar refractivity (Wildman–Crippen MR) is 58.5 cm³/mol. The molecule has 2 rings (SSSR count). The maximum Gasteiger partial charge on any atom is 0.203 e. The van der Waals surface area contributed by atoms with Crippen molar-refractivity contribution in [1.82, 2.24) is 19.7 Å². The number of aromatic amines is 1. The SMILES string of the molecule is CCn1ccnc1NC(C)c1cn[nH]c1. The van der Waals surface area contributed by atoms with E-state index in [1.807, 2.05) is 18.6 Å². The lowest BCUT2D eigenvalue weighted by atomic mass is 10.2. The highest BCUT2D eigenvalue weighted by atomic mass is 15.2. The van der Waals surface area contributed by atoms with Crippen molar-refractivity contribution in [2.75, 3.05) is 5.32 Å². The Labute approximate surface area is 88.5 Å². The molecule has 0 spiro atoms. The summed E-state index contributed by atoms with van der Waals surface area (Å²) in [7, 11) is 0. The van der Waals surface area contributed by atoms with E-state index >= 15 is 0 Å². The smallest absolute Gasteiger partial charge is 0.203 e. The van der Waals surface area contributed by atoms with E-state index in [1.165, 1.54) is 0 Å². The van der Waals surface area contributed by atoms with Crippen LogP contribution in [0.5, 0.6) is 0 Å². The standard InChI is InChI=1S/C10H15N5/c1-3-15-5-4-11-10(15)14-8(2)9-6-12-13-7-9/h4-8H,3H2,1-2H3,(H,11,14)(H,12,13). The Balaban J connectivity index is 2.09. The minimum Gasteiger partial charge on any atom is -0.349 e. The zero-order chi connectivity index (χ0) is 10.7. The van der Waals surface area contributed by atoms with Gasteiger partial charge in [0.1, 0.15) is 0 Å². The largest absolute Gasteiger partial charge is 0.349 e. The van der Waals surface area contributed by atoms with Crippen molar-refractivity contribution >= 4 is 5.95 Å². The molecule has 2 heterocycles. The number of hydrogen-bond donors (Lipinski definition) is 2. The van der Waals surface area contributed by atoms with Gasteiger partial charge in [0.2, 0.25) is 5.95 Å². The number of imidazole rings is 1. The highest BCUT2D eigenvalue weighted by molar-refractivity contribution is 5.30. The van der Waals surface area contributed by atoms with Crippen LogP contribution in [-0.2, 0) is 6.54 Å². The molecule has 80 valence electrons. The summed E-state index contributed by atoms with van der Waals surface area (Å²) in [6.07, 6.45) is 7.46. The van der Waals surface area contributed by atoms with Crippen molar-refractivity contribution in [1.29, 1.82) is 0 Å². The van der Waals surface area contributed by atoms with Gasteiger partial charge in [-0.15, -0.1) is 0 Å². The molecule has 5 heteroatoms. The molecule has 0 aromatic carbocycles. The maximum atomic E-state index is 4.26. The molecule has 2 aromatic heterocycles. The van der Waals surface area contributed by atoms with E-state index in [2.05, 4.69) is 38.9 Å². The Bertz CT molecular complexity index is 403. The number of H-pyrrole nitrogens is 1. The topological polar surface area (TPSA) is 58.5 Å². The van der Waals surface area contributed by atoms with Gasteiger partial charge in [-0.2, -0.15) is 5.10 Å². The number of aryl methyl sites for hydroxylation is 1. The summed E-state index contributed by atoms with van der Waals surface area (Å²) in [6, 6.07) is 0.205. The van der Waals surface area contributed by atoms with Gasteiger partial charge >= 0.3 is 0 Å². The van der Waals surface area contributed by atoms with Crippen LogP contribution in [0, 0.1) is 0 Å². The van der Waals surface area contributed by atoms with Gasteiger partial charge in [-0.05, 0) is 13.8 Å². The van der Waals surface area contributed by atoms with Crippen LogP contribution in [-0.4, -0.2) is 19.7 Å². The van der Waals surface area contributed by atoms with Crippen LogP contribution in [0.25, 0.3) is 0 Å². The molecule has 0 bridgehead atoms. The fourth-order valence-electron chi connectivity index (χ4n) is 1.48. The lowest BCUT2D eigenvalue weighted by Crippen LogP contribution is -2.10. The molecular formula is C10H15N5. The van der Waals surface area contributed by atoms with Crippen molar-refractivity contribution in [3.63, 3.8) is 0 Å². The fraction of sp³-hybridized carbons (Fsp3) is 0.400. The van der Waals surface area contributed by atoms with E-state index < -0.39 is 0 Å². The van der Waals surface area contributed by atoms with Gasteiger partial charge < -0.3 is 9.88 Å². The third-order valence-corrected chi connectivity index (χ3v) is 2.42. The van der Waals surface area contributed by atoms with Crippen LogP contribution in [0.3, 0.4) is 0 Å². The number of nitrogens with one attached hydrogen (secondary N) is 2. The van der Waals surface area contributed by atoms with E-state index in [-0.39, 0.29) is 6.04 Å². The second-order valence-corrected chi connectivity index (χ2v) is 3.43. The molecule has 0 saturated heterocycles. The predicted octanol–water partition coefficient (Wildman–Crippen LogP) is 1.80. The first-order valence-corrected chi connectivity index (χ1v) is 5.07. The fourth-order valence-corrected chi connectivity index (χ4v) is 1.48. The Morgan fingerprint density at radius 3 is 3.13 bits per heavy atom. The molecule has 2 aromatic rings. The Morgan fingerprint density at radius 2 is 2.47 bits per heavy atom. The molecule has 15 heavy (non-hydrogen) atoms. The first kappa shape index (κ1) is 9.76. The molecule has 0 fully saturated rings. The van der Waals surface area contributed by atoms with Gasteiger partial charge in [-0.1, -0.05) is 0 Å². The second-order valence-electron chi connectivity index (χ2n) is 3.43. The minimum atomic E-state index is 0.205. The van der Waals surface area contributed by atoms with Crippen molar-refractivity contribution < 1.29 is 0 Å². The van der Waals surface area contributed by atoms with Gasteiger partial charge in [0, 0.05) is 30.7 Å². The molecular weight excluding hydrogens is 190 g/mol. The van der Waals surface area contributed by atoms with Crippen LogP contribution < -0.4 is 5.32 Å². The van der Waals surface area contributed by atoms with Crippen LogP contribution in [0.4, 0.5) is 5.95 Å². The molecule has 0 aliphatic carbocycles. The van der Waals surface area contributed by atoms with Crippen molar-refractivity contribution in [2.24, 2.45) is 0 Å². The van der Waals surface area contributed by atoms with E-state index in [1.54, 1.807) is 6.20 Å². The molecule has 0 amide bonds. The molecule has 0 saturated carbocycles. The summed E-state index contributed by atoms with van der Waals surface area (Å²) in [6.45, 7) is 5.09. The molecule has 1 atom stereocenters. The van der Waals surface area contributed by atoms with E-state index in [9.17, 15) is 0 Å². The Morgan fingerprint density at radius 1 is 1.60 bits per heavy atom. The first-order chi connectivity index (χ1) is 7.31. The molecule has 2 N–H and O–H groups in total. The third kappa shape index (κ3) is 2.01. The number of anilines is 1. The average molecular weight is 205 g/mol. The van der Waals surface area contributed by atoms with Crippen LogP contribution in [0.2, 0.25) is 0 Å². The number of rotatable bonds is 4.